The maximum absolute atomic E-state index is 11.3. The molecule has 5 heteroatoms. The first-order valence-corrected chi connectivity index (χ1v) is 4.38. The smallest absolute Gasteiger partial charge is 0.236 e. The van der Waals surface area contributed by atoms with Crippen LogP contribution in [0.5, 0.6) is 0 Å². The second-order valence-electron chi connectivity index (χ2n) is 3.02. The summed E-state index contributed by atoms with van der Waals surface area (Å²) in [5.41, 5.74) is 6.02. The van der Waals surface area contributed by atoms with E-state index in [4.69, 9.17) is 5.73 Å². The van der Waals surface area contributed by atoms with E-state index in [1.807, 2.05) is 6.92 Å². The van der Waals surface area contributed by atoms with E-state index in [0.29, 0.717) is 0 Å². The summed E-state index contributed by atoms with van der Waals surface area (Å²) >= 11 is 0. The third-order valence-corrected chi connectivity index (χ3v) is 2.16. The molecule has 0 spiro atoms. The van der Waals surface area contributed by atoms with Gasteiger partial charge in [0.2, 0.25) is 5.91 Å². The van der Waals surface area contributed by atoms with Crippen LogP contribution in [0.3, 0.4) is 0 Å². The molecule has 0 aromatic carbocycles. The van der Waals surface area contributed by atoms with Crippen LogP contribution in [0, 0.1) is 0 Å². The highest BCUT2D eigenvalue weighted by Gasteiger charge is 2.16. The molecule has 0 unspecified atom stereocenters. The Balaban J connectivity index is 2.75. The summed E-state index contributed by atoms with van der Waals surface area (Å²) in [6.45, 7) is 1.90. The standard InChI is InChI=1S/C9H14N4O/c1-7(13(2)9(14)5-10)8-6-11-3-4-12-8/h3-4,6-7H,5,10H2,1-2H3/t7-/m1/s1. The van der Waals surface area contributed by atoms with Crippen LogP contribution in [0.15, 0.2) is 18.6 Å². The van der Waals surface area contributed by atoms with Gasteiger partial charge in [0.05, 0.1) is 24.5 Å². The SMILES string of the molecule is C[C@H](c1cnccn1)N(C)C(=O)CN. The lowest BCUT2D eigenvalue weighted by Gasteiger charge is -2.23. The summed E-state index contributed by atoms with van der Waals surface area (Å²) in [5, 5.41) is 0. The maximum Gasteiger partial charge on any atom is 0.236 e. The van der Waals surface area contributed by atoms with Gasteiger partial charge in [0.15, 0.2) is 0 Å². The summed E-state index contributed by atoms with van der Waals surface area (Å²) in [6.07, 6.45) is 4.85. The molecule has 1 heterocycles. The second kappa shape index (κ2) is 4.66. The summed E-state index contributed by atoms with van der Waals surface area (Å²) in [4.78, 5) is 20.9. The van der Waals surface area contributed by atoms with Crippen molar-refractivity contribution in [3.05, 3.63) is 24.3 Å². The molecule has 0 aliphatic rings. The van der Waals surface area contributed by atoms with Crippen molar-refractivity contribution in [3.8, 4) is 0 Å². The molecular formula is C9H14N4O. The van der Waals surface area contributed by atoms with Crippen LogP contribution in [0.4, 0.5) is 0 Å². The molecule has 14 heavy (non-hydrogen) atoms. The molecule has 1 rings (SSSR count). The van der Waals surface area contributed by atoms with E-state index in [1.165, 1.54) is 0 Å². The highest BCUT2D eigenvalue weighted by molar-refractivity contribution is 5.78. The quantitative estimate of drug-likeness (QED) is 0.732. The Kier molecular flexibility index (Phi) is 3.53. The zero-order valence-corrected chi connectivity index (χ0v) is 8.34. The van der Waals surface area contributed by atoms with Gasteiger partial charge in [-0.15, -0.1) is 0 Å². The largest absolute Gasteiger partial charge is 0.336 e. The van der Waals surface area contributed by atoms with E-state index in [0.717, 1.165) is 5.69 Å². The van der Waals surface area contributed by atoms with E-state index < -0.39 is 0 Å². The van der Waals surface area contributed by atoms with Gasteiger partial charge in [-0.05, 0) is 6.92 Å². The van der Waals surface area contributed by atoms with Gasteiger partial charge in [-0.1, -0.05) is 0 Å². The molecule has 2 N–H and O–H groups in total. The van der Waals surface area contributed by atoms with Gasteiger partial charge in [-0.3, -0.25) is 14.8 Å². The molecule has 0 bridgehead atoms. The van der Waals surface area contributed by atoms with E-state index in [1.54, 1.807) is 30.5 Å². The Hall–Kier alpha value is -1.49. The van der Waals surface area contributed by atoms with Gasteiger partial charge in [0.25, 0.3) is 0 Å². The predicted molar refractivity (Wildman–Crippen MR) is 52.3 cm³/mol. The molecule has 0 radical (unpaired) electrons. The van der Waals surface area contributed by atoms with Gasteiger partial charge in [0, 0.05) is 19.4 Å². The summed E-state index contributed by atoms with van der Waals surface area (Å²) in [7, 11) is 1.70. The minimum Gasteiger partial charge on any atom is -0.336 e. The molecule has 76 valence electrons. The lowest BCUT2D eigenvalue weighted by atomic mass is 10.2. The Morgan fingerprint density at radius 2 is 2.36 bits per heavy atom. The topological polar surface area (TPSA) is 72.1 Å². The van der Waals surface area contributed by atoms with Gasteiger partial charge in [-0.2, -0.15) is 0 Å². The van der Waals surface area contributed by atoms with Crippen LogP contribution in [-0.2, 0) is 4.79 Å². The number of likely N-dealkylation sites (N-methyl/N-ethyl adjacent to an activating group) is 1. The fourth-order valence-corrected chi connectivity index (χ4v) is 1.08. The van der Waals surface area contributed by atoms with Crippen molar-refractivity contribution in [3.63, 3.8) is 0 Å². The number of rotatable bonds is 3. The lowest BCUT2D eigenvalue weighted by molar-refractivity contribution is -0.130. The van der Waals surface area contributed by atoms with Gasteiger partial charge in [-0.25, -0.2) is 0 Å². The molecular weight excluding hydrogens is 180 g/mol. The summed E-state index contributed by atoms with van der Waals surface area (Å²) in [6, 6.07) is -0.0975. The molecule has 1 aromatic heterocycles. The minimum absolute atomic E-state index is 0.0150. The Morgan fingerprint density at radius 1 is 1.64 bits per heavy atom. The van der Waals surface area contributed by atoms with Crippen molar-refractivity contribution in [2.24, 2.45) is 5.73 Å². The number of nitrogens with two attached hydrogens (primary N) is 1. The number of carbonyl (C=O) groups excluding carboxylic acids is 1. The first kappa shape index (κ1) is 10.6. The molecule has 0 aliphatic heterocycles. The Labute approximate surface area is 83.0 Å². The summed E-state index contributed by atoms with van der Waals surface area (Å²) < 4.78 is 0. The first-order valence-electron chi connectivity index (χ1n) is 4.38. The zero-order valence-electron chi connectivity index (χ0n) is 8.34. The van der Waals surface area contributed by atoms with Crippen LogP contribution < -0.4 is 5.73 Å². The van der Waals surface area contributed by atoms with E-state index >= 15 is 0 Å². The average molecular weight is 194 g/mol. The van der Waals surface area contributed by atoms with Crippen molar-refractivity contribution in [1.82, 2.24) is 14.9 Å². The summed E-state index contributed by atoms with van der Waals surface area (Å²) in [5.74, 6) is -0.108. The monoisotopic (exact) mass is 194 g/mol. The fourth-order valence-electron chi connectivity index (χ4n) is 1.08. The third-order valence-electron chi connectivity index (χ3n) is 2.16. The molecule has 5 nitrogen and oxygen atoms in total. The molecule has 0 saturated heterocycles. The molecule has 0 fully saturated rings. The molecule has 1 aromatic rings. The highest BCUT2D eigenvalue weighted by Crippen LogP contribution is 2.14. The van der Waals surface area contributed by atoms with E-state index in [2.05, 4.69) is 9.97 Å². The van der Waals surface area contributed by atoms with Gasteiger partial charge >= 0.3 is 0 Å². The van der Waals surface area contributed by atoms with Crippen molar-refractivity contribution in [1.29, 1.82) is 0 Å². The van der Waals surface area contributed by atoms with Gasteiger partial charge in [0.1, 0.15) is 0 Å². The van der Waals surface area contributed by atoms with Crippen molar-refractivity contribution < 1.29 is 4.79 Å². The van der Waals surface area contributed by atoms with E-state index in [-0.39, 0.29) is 18.5 Å². The lowest BCUT2D eigenvalue weighted by Crippen LogP contribution is -2.35. The van der Waals surface area contributed by atoms with Crippen LogP contribution in [0.1, 0.15) is 18.7 Å². The van der Waals surface area contributed by atoms with E-state index in [9.17, 15) is 4.79 Å². The Bertz CT molecular complexity index is 301. The third kappa shape index (κ3) is 2.26. The fraction of sp³-hybridized carbons (Fsp3) is 0.444. The first-order chi connectivity index (χ1) is 6.66. The van der Waals surface area contributed by atoms with Crippen molar-refractivity contribution >= 4 is 5.91 Å². The van der Waals surface area contributed by atoms with Crippen LogP contribution in [-0.4, -0.2) is 34.4 Å². The maximum atomic E-state index is 11.3. The van der Waals surface area contributed by atoms with Crippen LogP contribution >= 0.6 is 0 Å². The Morgan fingerprint density at radius 3 is 2.86 bits per heavy atom. The molecule has 1 amide bonds. The zero-order chi connectivity index (χ0) is 10.6. The number of amides is 1. The van der Waals surface area contributed by atoms with Crippen LogP contribution in [0.25, 0.3) is 0 Å². The van der Waals surface area contributed by atoms with Crippen molar-refractivity contribution in [2.75, 3.05) is 13.6 Å². The second-order valence-corrected chi connectivity index (χ2v) is 3.02. The number of nitrogens with zero attached hydrogens (tertiary/aromatic N) is 3. The predicted octanol–water partition coefficient (Wildman–Crippen LogP) is -0.0453. The van der Waals surface area contributed by atoms with Crippen molar-refractivity contribution in [2.45, 2.75) is 13.0 Å². The number of carbonyl (C=O) groups is 1. The van der Waals surface area contributed by atoms with Crippen LogP contribution in [0.2, 0.25) is 0 Å². The minimum atomic E-state index is -0.108. The number of hydrogen-bond acceptors (Lipinski definition) is 4. The normalized spacial score (nSPS) is 12.2. The number of aromatic nitrogens is 2. The molecule has 1 atom stereocenters. The highest BCUT2D eigenvalue weighted by atomic mass is 16.2. The number of hydrogen-bond donors (Lipinski definition) is 1. The molecule has 0 aliphatic carbocycles. The molecule has 0 saturated carbocycles. The average Bonchev–Trinajstić information content (AvgIpc) is 2.27. The van der Waals surface area contributed by atoms with Gasteiger partial charge < -0.3 is 10.6 Å².